The zero-order valence-electron chi connectivity index (χ0n) is 7.16. The molecule has 0 aromatic heterocycles. The average molecular weight is 186 g/mol. The van der Waals surface area contributed by atoms with Crippen molar-refractivity contribution in [3.63, 3.8) is 0 Å². The van der Waals surface area contributed by atoms with Crippen LogP contribution in [0.1, 0.15) is 19.3 Å². The highest BCUT2D eigenvalue weighted by Gasteiger charge is 2.27. The van der Waals surface area contributed by atoms with Crippen LogP contribution >= 0.6 is 11.8 Å². The third-order valence-electron chi connectivity index (χ3n) is 2.41. The first-order chi connectivity index (χ1) is 5.88. The molecule has 0 aromatic rings. The van der Waals surface area contributed by atoms with Crippen LogP contribution in [0.25, 0.3) is 0 Å². The predicted octanol–water partition coefficient (Wildman–Crippen LogP) is 1.56. The van der Waals surface area contributed by atoms with Crippen molar-refractivity contribution in [1.29, 1.82) is 0 Å². The van der Waals surface area contributed by atoms with Gasteiger partial charge in [-0.3, -0.25) is 9.80 Å². The van der Waals surface area contributed by atoms with Crippen LogP contribution in [0.2, 0.25) is 0 Å². The molecule has 1 amide bonds. The Morgan fingerprint density at radius 1 is 1.08 bits per heavy atom. The number of hydrogen-bond donors (Lipinski definition) is 0. The molecular formula is C8H14N2OS. The number of carbonyl (C=O) groups excluding carboxylic acids is 1. The number of piperidine rings is 1. The van der Waals surface area contributed by atoms with Gasteiger partial charge in [0.1, 0.15) is 0 Å². The molecular weight excluding hydrogens is 172 g/mol. The highest BCUT2D eigenvalue weighted by Crippen LogP contribution is 2.22. The average Bonchev–Trinajstić information content (AvgIpc) is 2.53. The number of hydrazine groups is 1. The van der Waals surface area contributed by atoms with Crippen LogP contribution in [0, 0.1) is 0 Å². The summed E-state index contributed by atoms with van der Waals surface area (Å²) in [6.07, 6.45) is 3.81. The number of hydrogen-bond acceptors (Lipinski definition) is 3. The van der Waals surface area contributed by atoms with Crippen LogP contribution in [0.3, 0.4) is 0 Å². The predicted molar refractivity (Wildman–Crippen MR) is 50.0 cm³/mol. The zero-order chi connectivity index (χ0) is 8.39. The molecule has 0 saturated carbocycles. The molecule has 0 atom stereocenters. The normalized spacial score (nSPS) is 26.7. The first kappa shape index (κ1) is 8.38. The minimum Gasteiger partial charge on any atom is -0.265 e. The highest BCUT2D eigenvalue weighted by atomic mass is 32.2. The van der Waals surface area contributed by atoms with Crippen molar-refractivity contribution in [2.75, 3.05) is 25.4 Å². The van der Waals surface area contributed by atoms with Crippen molar-refractivity contribution < 1.29 is 4.79 Å². The Hall–Kier alpha value is -0.220. The fourth-order valence-corrected chi connectivity index (χ4v) is 2.56. The van der Waals surface area contributed by atoms with Crippen LogP contribution in [0.4, 0.5) is 4.79 Å². The van der Waals surface area contributed by atoms with Gasteiger partial charge in [0.15, 0.2) is 0 Å². The van der Waals surface area contributed by atoms with Gasteiger partial charge in [-0.1, -0.05) is 18.2 Å². The van der Waals surface area contributed by atoms with Crippen molar-refractivity contribution >= 4 is 17.0 Å². The number of thioether (sulfide) groups is 1. The summed E-state index contributed by atoms with van der Waals surface area (Å²) in [6, 6.07) is 0. The van der Waals surface area contributed by atoms with E-state index in [9.17, 15) is 4.79 Å². The summed E-state index contributed by atoms with van der Waals surface area (Å²) < 4.78 is 0. The van der Waals surface area contributed by atoms with Gasteiger partial charge in [-0.05, 0) is 12.8 Å². The number of amides is 1. The van der Waals surface area contributed by atoms with Crippen molar-refractivity contribution in [2.45, 2.75) is 19.3 Å². The molecule has 0 bridgehead atoms. The molecule has 2 aliphatic rings. The maximum atomic E-state index is 11.3. The molecule has 12 heavy (non-hydrogen) atoms. The molecule has 0 spiro atoms. The van der Waals surface area contributed by atoms with E-state index >= 15 is 0 Å². The van der Waals surface area contributed by atoms with E-state index in [2.05, 4.69) is 5.01 Å². The van der Waals surface area contributed by atoms with Crippen LogP contribution in [-0.2, 0) is 0 Å². The van der Waals surface area contributed by atoms with Crippen molar-refractivity contribution in [3.8, 4) is 0 Å². The van der Waals surface area contributed by atoms with Crippen molar-refractivity contribution in [1.82, 2.24) is 10.0 Å². The molecule has 2 fully saturated rings. The van der Waals surface area contributed by atoms with Crippen molar-refractivity contribution in [2.24, 2.45) is 0 Å². The molecule has 4 heteroatoms. The number of rotatable bonds is 1. The smallest absolute Gasteiger partial charge is 0.265 e. The third kappa shape index (κ3) is 1.59. The van der Waals surface area contributed by atoms with E-state index in [0.29, 0.717) is 0 Å². The van der Waals surface area contributed by atoms with Crippen molar-refractivity contribution in [3.05, 3.63) is 0 Å². The molecule has 0 radical (unpaired) electrons. The Balaban J connectivity index is 1.93. The Bertz CT molecular complexity index is 180. The fourth-order valence-electron chi connectivity index (χ4n) is 1.76. The zero-order valence-corrected chi connectivity index (χ0v) is 7.98. The third-order valence-corrected chi connectivity index (χ3v) is 3.26. The molecule has 0 unspecified atom stereocenters. The molecule has 2 aliphatic heterocycles. The summed E-state index contributed by atoms with van der Waals surface area (Å²) in [5.74, 6) is 0.968. The van der Waals surface area contributed by atoms with Gasteiger partial charge in [-0.2, -0.15) is 0 Å². The van der Waals surface area contributed by atoms with Gasteiger partial charge in [-0.15, -0.1) is 0 Å². The standard InChI is InChI=1S/C8H14N2OS/c11-8-10(6-7-12-8)9-4-2-1-3-5-9/h1-7H2. The summed E-state index contributed by atoms with van der Waals surface area (Å²) in [6.45, 7) is 3.07. The second-order valence-electron chi connectivity index (χ2n) is 3.25. The van der Waals surface area contributed by atoms with Gasteiger partial charge in [0.2, 0.25) is 0 Å². The molecule has 0 N–H and O–H groups in total. The van der Waals surface area contributed by atoms with E-state index < -0.39 is 0 Å². The van der Waals surface area contributed by atoms with Gasteiger partial charge in [0, 0.05) is 25.4 Å². The fraction of sp³-hybridized carbons (Fsp3) is 0.875. The van der Waals surface area contributed by atoms with Gasteiger partial charge in [0.25, 0.3) is 5.24 Å². The van der Waals surface area contributed by atoms with Crippen LogP contribution in [-0.4, -0.2) is 40.6 Å². The number of nitrogens with zero attached hydrogens (tertiary/aromatic N) is 2. The highest BCUT2D eigenvalue weighted by molar-refractivity contribution is 8.13. The maximum Gasteiger partial charge on any atom is 0.296 e. The van der Waals surface area contributed by atoms with E-state index in [4.69, 9.17) is 0 Å². The number of carbonyl (C=O) groups is 1. The van der Waals surface area contributed by atoms with Crippen LogP contribution < -0.4 is 0 Å². The van der Waals surface area contributed by atoms with E-state index in [1.807, 2.05) is 5.01 Å². The summed E-state index contributed by atoms with van der Waals surface area (Å²) in [5, 5.41) is 4.38. The van der Waals surface area contributed by atoms with Gasteiger partial charge >= 0.3 is 0 Å². The second-order valence-corrected chi connectivity index (χ2v) is 4.30. The molecule has 0 aliphatic carbocycles. The SMILES string of the molecule is O=C1SCCN1N1CCCCC1. The van der Waals surface area contributed by atoms with Gasteiger partial charge in [-0.25, -0.2) is 5.01 Å². The molecule has 2 heterocycles. The molecule has 68 valence electrons. The maximum absolute atomic E-state index is 11.3. The lowest BCUT2D eigenvalue weighted by Gasteiger charge is -2.33. The minimum atomic E-state index is 0.247. The van der Waals surface area contributed by atoms with Crippen LogP contribution in [0.5, 0.6) is 0 Å². The monoisotopic (exact) mass is 186 g/mol. The quantitative estimate of drug-likeness (QED) is 0.621. The largest absolute Gasteiger partial charge is 0.296 e. The Morgan fingerprint density at radius 2 is 1.83 bits per heavy atom. The second kappa shape index (κ2) is 3.66. The summed E-state index contributed by atoms with van der Waals surface area (Å²) in [4.78, 5) is 11.3. The summed E-state index contributed by atoms with van der Waals surface area (Å²) >= 11 is 1.44. The molecule has 0 aromatic carbocycles. The topological polar surface area (TPSA) is 23.6 Å². The first-order valence-corrected chi connectivity index (χ1v) is 5.55. The van der Waals surface area contributed by atoms with Gasteiger partial charge in [0.05, 0.1) is 0 Å². The Kier molecular flexibility index (Phi) is 2.56. The lowest BCUT2D eigenvalue weighted by molar-refractivity contribution is 0.0175. The lowest BCUT2D eigenvalue weighted by atomic mass is 10.2. The molecule has 2 rings (SSSR count). The van der Waals surface area contributed by atoms with Crippen LogP contribution in [0.15, 0.2) is 0 Å². The summed E-state index contributed by atoms with van der Waals surface area (Å²) in [5.41, 5.74) is 0. The Labute approximate surface area is 77.1 Å². The molecule has 3 nitrogen and oxygen atoms in total. The van der Waals surface area contributed by atoms with E-state index in [0.717, 1.165) is 25.4 Å². The Morgan fingerprint density at radius 3 is 2.42 bits per heavy atom. The summed E-state index contributed by atoms with van der Waals surface area (Å²) in [7, 11) is 0. The van der Waals surface area contributed by atoms with E-state index in [-0.39, 0.29) is 5.24 Å². The molecule has 2 saturated heterocycles. The minimum absolute atomic E-state index is 0.247. The van der Waals surface area contributed by atoms with E-state index in [1.165, 1.54) is 31.0 Å². The van der Waals surface area contributed by atoms with Gasteiger partial charge < -0.3 is 0 Å². The first-order valence-electron chi connectivity index (χ1n) is 4.57. The van der Waals surface area contributed by atoms with E-state index in [1.54, 1.807) is 0 Å². The lowest BCUT2D eigenvalue weighted by Crippen LogP contribution is -2.45.